The summed E-state index contributed by atoms with van der Waals surface area (Å²) in [5, 5.41) is 25.3. The van der Waals surface area contributed by atoms with Gasteiger partial charge in [-0.2, -0.15) is 0 Å². The van der Waals surface area contributed by atoms with Gasteiger partial charge in [0.15, 0.2) is 11.5 Å². The van der Waals surface area contributed by atoms with Crippen LogP contribution in [0, 0.1) is 0 Å². The quantitative estimate of drug-likeness (QED) is 0.689. The Morgan fingerprint density at radius 1 is 1.35 bits per heavy atom. The molecule has 0 bridgehead atoms. The molecule has 0 heterocycles. The van der Waals surface area contributed by atoms with Gasteiger partial charge in [-0.05, 0) is 18.2 Å². The van der Waals surface area contributed by atoms with Gasteiger partial charge in [-0.3, -0.25) is 0 Å². The lowest BCUT2D eigenvalue weighted by Gasteiger charge is -2.02. The van der Waals surface area contributed by atoms with Gasteiger partial charge in [0.2, 0.25) is 0 Å². The van der Waals surface area contributed by atoms with Crippen LogP contribution in [0.5, 0.6) is 11.5 Å². The highest BCUT2D eigenvalue weighted by molar-refractivity contribution is 5.88. The largest absolute Gasteiger partial charge is 0.504 e. The van der Waals surface area contributed by atoms with Crippen LogP contribution in [0.15, 0.2) is 30.9 Å². The van der Waals surface area contributed by atoms with Crippen LogP contribution in [0.2, 0.25) is 0 Å². The van der Waals surface area contributed by atoms with E-state index in [1.165, 1.54) is 25.3 Å². The Balaban J connectivity index is 0.000000437. The fraction of sp³-hybridized carbons (Fsp3) is 0.0909. The van der Waals surface area contributed by atoms with E-state index in [0.29, 0.717) is 0 Å². The van der Waals surface area contributed by atoms with E-state index in [4.69, 9.17) is 20.1 Å². The molecule has 0 unspecified atom stereocenters. The van der Waals surface area contributed by atoms with Crippen LogP contribution >= 0.6 is 0 Å². The standard InChI is InChI=1S/C8H8O4.C3H4O2/c1-12-7-4-5(8(10)11)2-3-6(7)9;1-2-3(4)5/h2-4,9H,1H3,(H,10,11);2H,1H2,(H,4,5). The van der Waals surface area contributed by atoms with Gasteiger partial charge in [-0.1, -0.05) is 6.58 Å². The van der Waals surface area contributed by atoms with Crippen molar-refractivity contribution in [1.82, 2.24) is 0 Å². The highest BCUT2D eigenvalue weighted by Crippen LogP contribution is 2.25. The molecule has 1 aromatic rings. The molecule has 92 valence electrons. The van der Waals surface area contributed by atoms with Gasteiger partial charge in [-0.25, -0.2) is 9.59 Å². The van der Waals surface area contributed by atoms with Gasteiger partial charge in [0, 0.05) is 6.08 Å². The van der Waals surface area contributed by atoms with Gasteiger partial charge in [0.1, 0.15) is 0 Å². The average molecular weight is 240 g/mol. The Morgan fingerprint density at radius 2 is 1.88 bits per heavy atom. The van der Waals surface area contributed by atoms with E-state index in [9.17, 15) is 9.59 Å². The number of ether oxygens (including phenoxy) is 1. The zero-order valence-electron chi connectivity index (χ0n) is 9.08. The second kappa shape index (κ2) is 6.89. The minimum Gasteiger partial charge on any atom is -0.504 e. The van der Waals surface area contributed by atoms with Crippen LogP contribution < -0.4 is 4.74 Å². The topological polar surface area (TPSA) is 104 Å². The molecule has 0 atom stereocenters. The predicted molar refractivity (Wildman–Crippen MR) is 59.5 cm³/mol. The van der Waals surface area contributed by atoms with Crippen molar-refractivity contribution in [2.24, 2.45) is 0 Å². The van der Waals surface area contributed by atoms with Gasteiger partial charge < -0.3 is 20.1 Å². The van der Waals surface area contributed by atoms with Crippen molar-refractivity contribution in [2.75, 3.05) is 7.11 Å². The SMILES string of the molecule is C=CC(=O)O.COc1cc(C(=O)O)ccc1O. The van der Waals surface area contributed by atoms with Crippen molar-refractivity contribution >= 4 is 11.9 Å². The number of hydrogen-bond acceptors (Lipinski definition) is 4. The Labute approximate surface area is 97.4 Å². The van der Waals surface area contributed by atoms with Crippen molar-refractivity contribution in [3.63, 3.8) is 0 Å². The molecule has 6 nitrogen and oxygen atoms in total. The van der Waals surface area contributed by atoms with Crippen LogP contribution in [0.1, 0.15) is 10.4 Å². The third-order valence-electron chi connectivity index (χ3n) is 1.60. The van der Waals surface area contributed by atoms with Crippen molar-refractivity contribution in [3.8, 4) is 11.5 Å². The number of rotatable bonds is 3. The molecular weight excluding hydrogens is 228 g/mol. The van der Waals surface area contributed by atoms with E-state index in [1.54, 1.807) is 0 Å². The molecule has 0 aromatic heterocycles. The zero-order valence-corrected chi connectivity index (χ0v) is 9.08. The first kappa shape index (κ1) is 14.5. The first-order chi connectivity index (χ1) is 7.92. The molecule has 0 aliphatic heterocycles. The molecule has 3 N–H and O–H groups in total. The number of carboxylic acid groups (broad SMARTS) is 2. The smallest absolute Gasteiger partial charge is 0.335 e. The lowest BCUT2D eigenvalue weighted by molar-refractivity contribution is -0.131. The lowest BCUT2D eigenvalue weighted by Crippen LogP contribution is -1.96. The van der Waals surface area contributed by atoms with Crippen molar-refractivity contribution < 1.29 is 29.6 Å². The molecule has 0 spiro atoms. The highest BCUT2D eigenvalue weighted by Gasteiger charge is 2.06. The van der Waals surface area contributed by atoms with Crippen LogP contribution in [0.25, 0.3) is 0 Å². The highest BCUT2D eigenvalue weighted by atomic mass is 16.5. The maximum Gasteiger partial charge on any atom is 0.335 e. The summed E-state index contributed by atoms with van der Waals surface area (Å²) in [6.45, 7) is 2.96. The number of aromatic carboxylic acids is 1. The number of methoxy groups -OCH3 is 1. The first-order valence-electron chi connectivity index (χ1n) is 4.38. The molecular formula is C11H12O6. The van der Waals surface area contributed by atoms with E-state index in [-0.39, 0.29) is 17.1 Å². The summed E-state index contributed by atoms with van der Waals surface area (Å²) in [5.74, 6) is -1.93. The predicted octanol–water partition coefficient (Wildman–Crippen LogP) is 1.36. The summed E-state index contributed by atoms with van der Waals surface area (Å²) in [6.07, 6.45) is 0.833. The van der Waals surface area contributed by atoms with E-state index in [0.717, 1.165) is 6.08 Å². The fourth-order valence-electron chi connectivity index (χ4n) is 0.811. The zero-order chi connectivity index (χ0) is 13.4. The van der Waals surface area contributed by atoms with Gasteiger partial charge in [-0.15, -0.1) is 0 Å². The Hall–Kier alpha value is -2.50. The van der Waals surface area contributed by atoms with Crippen LogP contribution in [-0.4, -0.2) is 34.4 Å². The molecule has 0 saturated heterocycles. The van der Waals surface area contributed by atoms with E-state index in [1.807, 2.05) is 0 Å². The van der Waals surface area contributed by atoms with Crippen molar-refractivity contribution in [2.45, 2.75) is 0 Å². The third kappa shape index (κ3) is 5.22. The van der Waals surface area contributed by atoms with Gasteiger partial charge in [0.05, 0.1) is 12.7 Å². The monoisotopic (exact) mass is 240 g/mol. The number of hydrogen-bond donors (Lipinski definition) is 3. The summed E-state index contributed by atoms with van der Waals surface area (Å²) >= 11 is 0. The summed E-state index contributed by atoms with van der Waals surface area (Å²) in [5.41, 5.74) is 0.0876. The first-order valence-corrected chi connectivity index (χ1v) is 4.38. The van der Waals surface area contributed by atoms with Crippen LogP contribution in [0.3, 0.4) is 0 Å². The van der Waals surface area contributed by atoms with E-state index < -0.39 is 11.9 Å². The number of phenolic OH excluding ortho intramolecular Hbond substituents is 1. The maximum absolute atomic E-state index is 10.4. The maximum atomic E-state index is 10.4. The average Bonchev–Trinajstić information content (AvgIpc) is 2.30. The molecule has 0 amide bonds. The molecule has 1 aromatic carbocycles. The third-order valence-corrected chi connectivity index (χ3v) is 1.60. The summed E-state index contributed by atoms with van der Waals surface area (Å²) in [7, 11) is 1.36. The van der Waals surface area contributed by atoms with Crippen molar-refractivity contribution in [3.05, 3.63) is 36.4 Å². The van der Waals surface area contributed by atoms with Crippen LogP contribution in [0.4, 0.5) is 0 Å². The normalized spacial score (nSPS) is 8.53. The second-order valence-electron chi connectivity index (χ2n) is 2.73. The van der Waals surface area contributed by atoms with Gasteiger partial charge in [0.25, 0.3) is 0 Å². The van der Waals surface area contributed by atoms with Gasteiger partial charge >= 0.3 is 11.9 Å². The molecule has 0 aliphatic carbocycles. The molecule has 0 fully saturated rings. The second-order valence-corrected chi connectivity index (χ2v) is 2.73. The van der Waals surface area contributed by atoms with E-state index >= 15 is 0 Å². The molecule has 1 rings (SSSR count). The lowest BCUT2D eigenvalue weighted by atomic mass is 10.2. The molecule has 0 radical (unpaired) electrons. The molecule has 6 heteroatoms. The summed E-state index contributed by atoms with van der Waals surface area (Å²) in [4.78, 5) is 19.7. The van der Waals surface area contributed by atoms with Crippen molar-refractivity contribution in [1.29, 1.82) is 0 Å². The molecule has 0 aliphatic rings. The minimum absolute atomic E-state index is 0.0671. The summed E-state index contributed by atoms with van der Waals surface area (Å²) in [6, 6.07) is 3.85. The number of carboxylic acids is 2. The van der Waals surface area contributed by atoms with Crippen LogP contribution in [-0.2, 0) is 4.79 Å². The number of aliphatic carboxylic acids is 1. The Kier molecular flexibility index (Phi) is 5.87. The Morgan fingerprint density at radius 3 is 2.24 bits per heavy atom. The molecule has 0 saturated carbocycles. The van der Waals surface area contributed by atoms with E-state index in [2.05, 4.69) is 6.58 Å². The number of carbonyl (C=O) groups is 2. The summed E-state index contributed by atoms with van der Waals surface area (Å²) < 4.78 is 4.72. The minimum atomic E-state index is -1.05. The number of aromatic hydroxyl groups is 1. The number of benzene rings is 1. The Bertz CT molecular complexity index is 424. The molecule has 17 heavy (non-hydrogen) atoms. The number of phenols is 1. The fourth-order valence-corrected chi connectivity index (χ4v) is 0.811.